The van der Waals surface area contributed by atoms with Crippen molar-refractivity contribution in [1.82, 2.24) is 0 Å². The lowest BCUT2D eigenvalue weighted by molar-refractivity contribution is -0.152. The number of halogens is 4. The molecule has 4 nitrogen and oxygen atoms in total. The van der Waals surface area contributed by atoms with Crippen LogP contribution >= 0.6 is 28.3 Å². The molecule has 0 unspecified atom stereocenters. The Hall–Kier alpha value is -0.920. The lowest BCUT2D eigenvalue weighted by Gasteiger charge is -2.29. The summed E-state index contributed by atoms with van der Waals surface area (Å²) in [6.45, 7) is 2.84. The third-order valence-corrected chi connectivity index (χ3v) is 3.59. The molecule has 0 aliphatic rings. The second-order valence-corrected chi connectivity index (χ2v) is 5.46. The monoisotopic (exact) mass is 373 g/mol. The van der Waals surface area contributed by atoms with Crippen LogP contribution in [0.4, 0.5) is 8.78 Å². The first-order valence-electron chi connectivity index (χ1n) is 5.35. The first kappa shape index (κ1) is 19.1. The number of carbonyl (C=O) groups is 1. The molecule has 20 heavy (non-hydrogen) atoms. The maximum Gasteiger partial charge on any atom is 0.313 e. The highest BCUT2D eigenvalue weighted by Gasteiger charge is 2.40. The molecule has 3 N–H and O–H groups in total. The Morgan fingerprint density at radius 2 is 2.00 bits per heavy atom. The van der Waals surface area contributed by atoms with Gasteiger partial charge >= 0.3 is 5.97 Å². The summed E-state index contributed by atoms with van der Waals surface area (Å²) >= 11 is 2.89. The molecule has 0 fully saturated rings. The number of ether oxygens (including phenoxy) is 1. The summed E-state index contributed by atoms with van der Waals surface area (Å²) in [5.74, 6) is -3.69. The summed E-state index contributed by atoms with van der Waals surface area (Å²) in [7, 11) is 1.16. The van der Waals surface area contributed by atoms with Gasteiger partial charge in [0.05, 0.1) is 28.6 Å². The highest BCUT2D eigenvalue weighted by atomic mass is 79.9. The molecular weight excluding hydrogens is 359 g/mol. The zero-order valence-corrected chi connectivity index (χ0v) is 13.4. The molecule has 0 spiro atoms. The second kappa shape index (κ2) is 6.69. The van der Waals surface area contributed by atoms with E-state index in [1.807, 2.05) is 0 Å². The van der Waals surface area contributed by atoms with Crippen molar-refractivity contribution in [2.75, 3.05) is 7.11 Å². The molecular formula is C12H15BrClF2NO3. The Morgan fingerprint density at radius 3 is 2.45 bits per heavy atom. The van der Waals surface area contributed by atoms with E-state index in [2.05, 4.69) is 20.7 Å². The summed E-state index contributed by atoms with van der Waals surface area (Å²) in [4.78, 5) is 11.6. The number of aromatic hydroxyl groups is 1. The summed E-state index contributed by atoms with van der Waals surface area (Å²) in [6, 6.07) is -0.488. The first-order chi connectivity index (χ1) is 8.64. The van der Waals surface area contributed by atoms with Gasteiger partial charge in [-0.1, -0.05) is 0 Å². The molecule has 0 aliphatic heterocycles. The SMILES string of the molecule is COC(=O)C(C)(C)[C@@H](N)c1c(O)c(Br)cc(F)c1F.Cl. The van der Waals surface area contributed by atoms with E-state index in [1.165, 1.54) is 13.8 Å². The van der Waals surface area contributed by atoms with Crippen LogP contribution in [0.2, 0.25) is 0 Å². The van der Waals surface area contributed by atoms with Gasteiger partial charge in [0, 0.05) is 0 Å². The van der Waals surface area contributed by atoms with Gasteiger partial charge < -0.3 is 15.6 Å². The van der Waals surface area contributed by atoms with Crippen LogP contribution in [0.1, 0.15) is 25.5 Å². The number of methoxy groups -OCH3 is 1. The molecule has 0 saturated carbocycles. The maximum absolute atomic E-state index is 13.8. The Labute approximate surface area is 129 Å². The number of nitrogens with two attached hydrogens (primary N) is 1. The van der Waals surface area contributed by atoms with E-state index in [0.717, 1.165) is 13.2 Å². The van der Waals surface area contributed by atoms with Gasteiger partial charge in [-0.25, -0.2) is 8.78 Å². The van der Waals surface area contributed by atoms with Crippen molar-refractivity contribution in [2.24, 2.45) is 11.1 Å². The normalized spacial score (nSPS) is 12.6. The van der Waals surface area contributed by atoms with Gasteiger partial charge in [0.25, 0.3) is 0 Å². The number of phenols is 1. The van der Waals surface area contributed by atoms with Crippen molar-refractivity contribution in [1.29, 1.82) is 0 Å². The number of hydrogen-bond donors (Lipinski definition) is 2. The highest BCUT2D eigenvalue weighted by molar-refractivity contribution is 9.10. The zero-order chi connectivity index (χ0) is 15.0. The molecule has 0 radical (unpaired) electrons. The summed E-state index contributed by atoms with van der Waals surface area (Å²) < 4.78 is 31.7. The summed E-state index contributed by atoms with van der Waals surface area (Å²) in [6.07, 6.45) is 0. The molecule has 1 aromatic carbocycles. The van der Waals surface area contributed by atoms with Crippen molar-refractivity contribution in [3.8, 4) is 5.75 Å². The van der Waals surface area contributed by atoms with Gasteiger partial charge in [-0.15, -0.1) is 12.4 Å². The van der Waals surface area contributed by atoms with Crippen LogP contribution in [0.15, 0.2) is 10.5 Å². The molecule has 0 aromatic heterocycles. The van der Waals surface area contributed by atoms with E-state index in [1.54, 1.807) is 0 Å². The quantitative estimate of drug-likeness (QED) is 0.630. The van der Waals surface area contributed by atoms with Crippen LogP contribution in [0.3, 0.4) is 0 Å². The van der Waals surface area contributed by atoms with Crippen molar-refractivity contribution < 1.29 is 23.4 Å². The predicted octanol–water partition coefficient (Wildman–Crippen LogP) is 3.05. The number of benzene rings is 1. The fourth-order valence-electron chi connectivity index (χ4n) is 1.64. The standard InChI is InChI=1S/C12H14BrF2NO3.ClH/c1-12(2,11(18)19-3)10(16)7-8(15)6(14)4-5(13)9(7)17;/h4,10,17H,16H2,1-3H3;1H/t10-;/m0./s1. The average Bonchev–Trinajstić information content (AvgIpc) is 2.35. The summed E-state index contributed by atoms with van der Waals surface area (Å²) in [5.41, 5.74) is 4.00. The molecule has 0 amide bonds. The molecule has 0 saturated heterocycles. The lowest BCUT2D eigenvalue weighted by atomic mass is 9.80. The van der Waals surface area contributed by atoms with Crippen LogP contribution in [0, 0.1) is 17.0 Å². The number of rotatable bonds is 3. The Bertz CT molecular complexity index is 500. The Balaban J connectivity index is 0.00000361. The van der Waals surface area contributed by atoms with Crippen LogP contribution in [-0.4, -0.2) is 18.2 Å². The van der Waals surface area contributed by atoms with E-state index >= 15 is 0 Å². The Kier molecular flexibility index (Phi) is 6.38. The van der Waals surface area contributed by atoms with E-state index in [-0.39, 0.29) is 16.9 Å². The molecule has 0 heterocycles. The van der Waals surface area contributed by atoms with Gasteiger partial charge in [0.2, 0.25) is 0 Å². The van der Waals surface area contributed by atoms with Gasteiger partial charge in [-0.3, -0.25) is 4.79 Å². The number of hydrogen-bond acceptors (Lipinski definition) is 4. The van der Waals surface area contributed by atoms with Crippen molar-refractivity contribution in [3.05, 3.63) is 27.7 Å². The third kappa shape index (κ3) is 3.21. The number of esters is 1. The van der Waals surface area contributed by atoms with Crippen LogP contribution < -0.4 is 5.73 Å². The molecule has 8 heteroatoms. The molecule has 0 bridgehead atoms. The molecule has 114 valence electrons. The molecule has 0 aliphatic carbocycles. The predicted molar refractivity (Wildman–Crippen MR) is 75.7 cm³/mol. The number of phenolic OH excluding ortho intramolecular Hbond substituents is 1. The van der Waals surface area contributed by atoms with E-state index < -0.39 is 40.4 Å². The van der Waals surface area contributed by atoms with Crippen molar-refractivity contribution in [2.45, 2.75) is 19.9 Å². The lowest BCUT2D eigenvalue weighted by Crippen LogP contribution is -2.38. The second-order valence-electron chi connectivity index (χ2n) is 4.61. The van der Waals surface area contributed by atoms with E-state index in [9.17, 15) is 18.7 Å². The van der Waals surface area contributed by atoms with Crippen LogP contribution in [0.25, 0.3) is 0 Å². The van der Waals surface area contributed by atoms with Gasteiger partial charge in [-0.05, 0) is 35.8 Å². The van der Waals surface area contributed by atoms with E-state index in [4.69, 9.17) is 5.73 Å². The van der Waals surface area contributed by atoms with Crippen molar-refractivity contribution >= 4 is 34.3 Å². The third-order valence-electron chi connectivity index (χ3n) is 2.98. The minimum absolute atomic E-state index is 0. The van der Waals surface area contributed by atoms with Gasteiger partial charge in [0.1, 0.15) is 5.75 Å². The van der Waals surface area contributed by atoms with Crippen LogP contribution in [0.5, 0.6) is 5.75 Å². The first-order valence-corrected chi connectivity index (χ1v) is 6.14. The molecule has 1 atom stereocenters. The fraction of sp³-hybridized carbons (Fsp3) is 0.417. The smallest absolute Gasteiger partial charge is 0.313 e. The summed E-state index contributed by atoms with van der Waals surface area (Å²) in [5, 5.41) is 9.81. The van der Waals surface area contributed by atoms with Crippen molar-refractivity contribution in [3.63, 3.8) is 0 Å². The minimum atomic E-state index is -1.33. The van der Waals surface area contributed by atoms with E-state index in [0.29, 0.717) is 0 Å². The molecule has 1 aromatic rings. The highest BCUT2D eigenvalue weighted by Crippen LogP contribution is 2.41. The van der Waals surface area contributed by atoms with Gasteiger partial charge in [-0.2, -0.15) is 0 Å². The maximum atomic E-state index is 13.8. The zero-order valence-electron chi connectivity index (χ0n) is 11.0. The van der Waals surface area contributed by atoms with Gasteiger partial charge in [0.15, 0.2) is 11.6 Å². The molecule has 1 rings (SSSR count). The minimum Gasteiger partial charge on any atom is -0.506 e. The number of carbonyl (C=O) groups excluding carboxylic acids is 1. The Morgan fingerprint density at radius 1 is 1.50 bits per heavy atom. The largest absolute Gasteiger partial charge is 0.506 e. The fourth-order valence-corrected chi connectivity index (χ4v) is 2.05. The average molecular weight is 375 g/mol. The van der Waals surface area contributed by atoms with Crippen LogP contribution in [-0.2, 0) is 9.53 Å². The topological polar surface area (TPSA) is 72.5 Å².